The van der Waals surface area contributed by atoms with E-state index in [1.165, 1.54) is 17.2 Å². The molecule has 3 N–H and O–H groups in total. The number of ether oxygens (including phenoxy) is 1. The van der Waals surface area contributed by atoms with Crippen LogP contribution in [0.1, 0.15) is 43.4 Å². The number of Topliss-reactive ketones (excluding diaryl/α,β-unsaturated/α-hetero) is 1. The number of nitrogens with zero attached hydrogens (tertiary/aromatic N) is 2. The van der Waals surface area contributed by atoms with Gasteiger partial charge < -0.3 is 20.5 Å². The fraction of sp³-hybridized carbons (Fsp3) is 0.407. The minimum Gasteiger partial charge on any atom is -0.481 e. The Labute approximate surface area is 228 Å². The van der Waals surface area contributed by atoms with Crippen LogP contribution in [0.3, 0.4) is 0 Å². The van der Waals surface area contributed by atoms with Gasteiger partial charge in [0.15, 0.2) is 5.78 Å². The van der Waals surface area contributed by atoms with Crippen LogP contribution in [0.25, 0.3) is 5.70 Å². The van der Waals surface area contributed by atoms with Gasteiger partial charge in [0.2, 0.25) is 5.91 Å². The highest BCUT2D eigenvalue weighted by Crippen LogP contribution is 2.44. The van der Waals surface area contributed by atoms with Crippen LogP contribution >= 0.6 is 23.2 Å². The van der Waals surface area contributed by atoms with Gasteiger partial charge in [-0.2, -0.15) is 0 Å². The van der Waals surface area contributed by atoms with E-state index in [0.717, 1.165) is 12.8 Å². The van der Waals surface area contributed by atoms with Crippen molar-refractivity contribution in [3.63, 3.8) is 0 Å². The lowest BCUT2D eigenvalue weighted by Crippen LogP contribution is -2.43. The highest BCUT2D eigenvalue weighted by atomic mass is 35.5. The fourth-order valence-electron chi connectivity index (χ4n) is 5.29. The second-order valence-electron chi connectivity index (χ2n) is 9.93. The summed E-state index contributed by atoms with van der Waals surface area (Å²) >= 11 is 12.7. The Morgan fingerprint density at radius 1 is 1.21 bits per heavy atom. The Kier molecular flexibility index (Phi) is 7.44. The van der Waals surface area contributed by atoms with Crippen molar-refractivity contribution in [1.82, 2.24) is 4.98 Å². The van der Waals surface area contributed by atoms with Gasteiger partial charge in [-0.15, -0.1) is 0 Å². The first-order valence-electron chi connectivity index (χ1n) is 12.4. The molecule has 38 heavy (non-hydrogen) atoms. The van der Waals surface area contributed by atoms with Gasteiger partial charge in [0.1, 0.15) is 5.82 Å². The highest BCUT2D eigenvalue weighted by Gasteiger charge is 2.52. The maximum absolute atomic E-state index is 14.5. The number of pyridine rings is 1. The van der Waals surface area contributed by atoms with Gasteiger partial charge in [-0.1, -0.05) is 29.3 Å². The molecule has 200 valence electrons. The number of fused-ring (bicyclic) bond motifs is 2. The van der Waals surface area contributed by atoms with E-state index in [0.29, 0.717) is 39.7 Å². The lowest BCUT2D eigenvalue weighted by atomic mass is 10.00. The molecule has 0 spiro atoms. The van der Waals surface area contributed by atoms with E-state index in [2.05, 4.69) is 4.98 Å². The number of anilines is 1. The van der Waals surface area contributed by atoms with E-state index in [-0.39, 0.29) is 54.5 Å². The van der Waals surface area contributed by atoms with Crippen LogP contribution in [0.5, 0.6) is 0 Å². The zero-order valence-electron chi connectivity index (χ0n) is 20.3. The first-order valence-corrected chi connectivity index (χ1v) is 13.2. The summed E-state index contributed by atoms with van der Waals surface area (Å²) in [6.07, 6.45) is 3.33. The molecule has 8 nitrogen and oxygen atoms in total. The number of aryl methyl sites for hydroxylation is 1. The first kappa shape index (κ1) is 26.6. The van der Waals surface area contributed by atoms with Gasteiger partial charge in [0.25, 0.3) is 0 Å². The average Bonchev–Trinajstić information content (AvgIpc) is 3.57. The van der Waals surface area contributed by atoms with E-state index < -0.39 is 23.8 Å². The summed E-state index contributed by atoms with van der Waals surface area (Å²) in [7, 11) is 0. The van der Waals surface area contributed by atoms with Crippen molar-refractivity contribution >= 4 is 52.2 Å². The van der Waals surface area contributed by atoms with Crippen LogP contribution in [0.15, 0.2) is 36.0 Å². The summed E-state index contributed by atoms with van der Waals surface area (Å²) < 4.78 is 20.7. The van der Waals surface area contributed by atoms with Crippen LogP contribution in [-0.2, 0) is 25.5 Å². The molecule has 2 saturated carbocycles. The quantitative estimate of drug-likeness (QED) is 0.412. The Morgan fingerprint density at radius 3 is 2.53 bits per heavy atom. The molecule has 3 fully saturated rings. The standard InChI is InChI=1S/C27H26Cl2FN3O5/c28-18-2-1-3-19(29)24(18)25(31)17(26(36)13-4-5-13)12-38-22-10-14-8-16(22)27(37)33(14)15-9-20(30)21(32-11-15)6-7-23(34)35/h1-3,9,11,13-14,16,22H,4-8,10,12,31H2,(H,34,35)/t14-,16+,22+/m0/s1. The molecular weight excluding hydrogens is 536 g/mol. The number of carbonyl (C=O) groups excluding carboxylic acids is 2. The smallest absolute Gasteiger partial charge is 0.303 e. The summed E-state index contributed by atoms with van der Waals surface area (Å²) in [6, 6.07) is 6.01. The Hall–Kier alpha value is -3.01. The minimum atomic E-state index is -1.04. The number of piperidine rings is 1. The van der Waals surface area contributed by atoms with Crippen LogP contribution in [0, 0.1) is 17.7 Å². The molecular formula is C27H26Cl2FN3O5. The summed E-state index contributed by atoms with van der Waals surface area (Å²) in [5, 5.41) is 9.48. The number of carboxylic acids is 1. The summed E-state index contributed by atoms with van der Waals surface area (Å²) in [4.78, 5) is 42.7. The largest absolute Gasteiger partial charge is 0.481 e. The third-order valence-electron chi connectivity index (χ3n) is 7.40. The second-order valence-corrected chi connectivity index (χ2v) is 10.7. The molecule has 5 rings (SSSR count). The summed E-state index contributed by atoms with van der Waals surface area (Å²) in [5.41, 5.74) is 7.67. The van der Waals surface area contributed by atoms with Crippen LogP contribution in [-0.4, -0.2) is 46.5 Å². The van der Waals surface area contributed by atoms with Crippen molar-refractivity contribution < 1.29 is 28.6 Å². The number of nitrogens with two attached hydrogens (primary N) is 1. The number of hydrogen-bond acceptors (Lipinski definition) is 6. The van der Waals surface area contributed by atoms with E-state index in [1.807, 2.05) is 0 Å². The van der Waals surface area contributed by atoms with Crippen LogP contribution in [0.4, 0.5) is 10.1 Å². The zero-order chi connectivity index (χ0) is 27.1. The minimum absolute atomic E-state index is 0.0324. The summed E-state index contributed by atoms with van der Waals surface area (Å²) in [6.45, 7) is -0.0711. The van der Waals surface area contributed by atoms with Crippen molar-refractivity contribution in [2.45, 2.75) is 50.7 Å². The van der Waals surface area contributed by atoms with Gasteiger partial charge in [-0.25, -0.2) is 4.39 Å². The molecule has 1 saturated heterocycles. The number of halogens is 3. The van der Waals surface area contributed by atoms with E-state index in [9.17, 15) is 18.8 Å². The van der Waals surface area contributed by atoms with Gasteiger partial charge in [-0.3, -0.25) is 19.4 Å². The number of aliphatic carboxylic acids is 1. The second kappa shape index (κ2) is 10.6. The van der Waals surface area contributed by atoms with Gasteiger partial charge >= 0.3 is 5.97 Å². The molecule has 2 heterocycles. The molecule has 2 aromatic rings. The molecule has 3 aliphatic rings. The molecule has 0 radical (unpaired) electrons. The monoisotopic (exact) mass is 561 g/mol. The molecule has 3 atom stereocenters. The number of carboxylic acid groups (broad SMARTS) is 1. The van der Waals surface area contributed by atoms with Crippen molar-refractivity contribution in [2.24, 2.45) is 17.6 Å². The normalized spacial score (nSPS) is 23.1. The SMILES string of the molecule is NC(=C(CO[C@@H]1C[C@@H]2C[C@H]1C(=O)N2c1cnc(CCC(=O)O)c(F)c1)C(=O)C1CC1)c1c(Cl)cccc1Cl. The maximum atomic E-state index is 14.5. The fourth-order valence-corrected chi connectivity index (χ4v) is 5.89. The lowest BCUT2D eigenvalue weighted by molar-refractivity contribution is -0.137. The van der Waals surface area contributed by atoms with E-state index in [1.54, 1.807) is 18.2 Å². The number of benzene rings is 1. The van der Waals surface area contributed by atoms with Gasteiger partial charge in [-0.05, 0) is 37.8 Å². The molecule has 0 unspecified atom stereocenters. The maximum Gasteiger partial charge on any atom is 0.303 e. The van der Waals surface area contributed by atoms with Crippen molar-refractivity contribution in [3.05, 3.63) is 63.2 Å². The number of carbonyl (C=O) groups is 3. The van der Waals surface area contributed by atoms with Crippen LogP contribution < -0.4 is 10.6 Å². The topological polar surface area (TPSA) is 123 Å². The molecule has 2 aliphatic carbocycles. The highest BCUT2D eigenvalue weighted by molar-refractivity contribution is 6.37. The Balaban J connectivity index is 1.30. The number of ketones is 1. The third-order valence-corrected chi connectivity index (χ3v) is 8.03. The average molecular weight is 562 g/mol. The predicted molar refractivity (Wildman–Crippen MR) is 139 cm³/mol. The molecule has 2 bridgehead atoms. The molecule has 1 aromatic carbocycles. The first-order chi connectivity index (χ1) is 18.2. The van der Waals surface area contributed by atoms with Crippen LogP contribution in [0.2, 0.25) is 10.0 Å². The predicted octanol–water partition coefficient (Wildman–Crippen LogP) is 4.40. The van der Waals surface area contributed by atoms with Crippen molar-refractivity contribution in [2.75, 3.05) is 11.5 Å². The third kappa shape index (κ3) is 5.15. The Bertz CT molecular complexity index is 1330. The van der Waals surface area contributed by atoms with Gasteiger partial charge in [0.05, 0.1) is 58.4 Å². The molecule has 1 aliphatic heterocycles. The molecule has 1 amide bonds. The van der Waals surface area contributed by atoms with E-state index in [4.69, 9.17) is 38.8 Å². The van der Waals surface area contributed by atoms with Gasteiger partial charge in [0, 0.05) is 35.6 Å². The number of aromatic nitrogens is 1. The zero-order valence-corrected chi connectivity index (χ0v) is 21.8. The summed E-state index contributed by atoms with van der Waals surface area (Å²) in [5.74, 6) is -2.54. The van der Waals surface area contributed by atoms with E-state index >= 15 is 0 Å². The van der Waals surface area contributed by atoms with Crippen molar-refractivity contribution in [3.8, 4) is 0 Å². The molecule has 1 aromatic heterocycles. The Morgan fingerprint density at radius 2 is 1.92 bits per heavy atom. The number of rotatable bonds is 10. The molecule has 11 heteroatoms. The number of amides is 1. The lowest BCUT2D eigenvalue weighted by Gasteiger charge is -2.31. The van der Waals surface area contributed by atoms with Crippen molar-refractivity contribution in [1.29, 1.82) is 0 Å². The number of hydrogen-bond donors (Lipinski definition) is 2.